The minimum atomic E-state index is -0.182. The Kier molecular flexibility index (Phi) is 5.03. The van der Waals surface area contributed by atoms with Crippen LogP contribution in [0.25, 0.3) is 0 Å². The van der Waals surface area contributed by atoms with Crippen LogP contribution in [0.3, 0.4) is 0 Å². The molecule has 0 spiro atoms. The number of nitrogens with zero attached hydrogens (tertiary/aromatic N) is 4. The van der Waals surface area contributed by atoms with E-state index in [0.29, 0.717) is 23.7 Å². The van der Waals surface area contributed by atoms with Crippen molar-refractivity contribution < 1.29 is 9.53 Å². The molecule has 7 nitrogen and oxygen atoms in total. The monoisotopic (exact) mass is 337 g/mol. The minimum Gasteiger partial charge on any atom is -0.486 e. The topological polar surface area (TPSA) is 81.9 Å². The molecule has 1 N–H and O–H groups in total. The van der Waals surface area contributed by atoms with Crippen molar-refractivity contribution in [3.05, 3.63) is 65.5 Å². The quantitative estimate of drug-likeness (QED) is 0.748. The zero-order valence-corrected chi connectivity index (χ0v) is 14.1. The Morgan fingerprint density at radius 1 is 1.20 bits per heavy atom. The first-order valence-corrected chi connectivity index (χ1v) is 8.02. The van der Waals surface area contributed by atoms with Crippen molar-refractivity contribution in [3.63, 3.8) is 0 Å². The Morgan fingerprint density at radius 3 is 2.84 bits per heavy atom. The summed E-state index contributed by atoms with van der Waals surface area (Å²) in [5.74, 6) is 1.04. The number of ether oxygens (including phenoxy) is 1. The van der Waals surface area contributed by atoms with Gasteiger partial charge in [0.15, 0.2) is 5.82 Å². The number of aromatic nitrogens is 4. The van der Waals surface area contributed by atoms with Gasteiger partial charge in [0.2, 0.25) is 0 Å². The molecule has 128 valence electrons. The van der Waals surface area contributed by atoms with E-state index in [1.54, 1.807) is 28.9 Å². The fourth-order valence-electron chi connectivity index (χ4n) is 2.35. The average molecular weight is 337 g/mol. The highest BCUT2D eigenvalue weighted by Crippen LogP contribution is 2.18. The molecule has 1 heterocycles. The van der Waals surface area contributed by atoms with Crippen LogP contribution in [0.1, 0.15) is 28.7 Å². The number of amides is 1. The lowest BCUT2D eigenvalue weighted by molar-refractivity contribution is 0.102. The van der Waals surface area contributed by atoms with Crippen LogP contribution in [0.5, 0.6) is 5.75 Å². The van der Waals surface area contributed by atoms with E-state index in [1.807, 2.05) is 38.1 Å². The smallest absolute Gasteiger partial charge is 0.255 e. The highest BCUT2D eigenvalue weighted by molar-refractivity contribution is 6.04. The molecule has 3 rings (SSSR count). The number of hydrogen-bond donors (Lipinski definition) is 1. The van der Waals surface area contributed by atoms with Gasteiger partial charge in [-0.2, -0.15) is 0 Å². The second-order valence-electron chi connectivity index (χ2n) is 5.50. The summed E-state index contributed by atoms with van der Waals surface area (Å²) in [6, 6.07) is 14.7. The number of aryl methyl sites for hydroxylation is 2. The van der Waals surface area contributed by atoms with Crippen molar-refractivity contribution in [2.75, 3.05) is 5.32 Å². The standard InChI is InChI=1S/C18H19N5O2/c1-3-23-17(20-21-22-23)12-25-15-9-6-8-14(11-15)18(24)19-16-10-5-4-7-13(16)2/h4-11H,3,12H2,1-2H3,(H,19,24). The van der Waals surface area contributed by atoms with E-state index in [1.165, 1.54) is 0 Å². The Balaban J connectivity index is 1.68. The van der Waals surface area contributed by atoms with Crippen LogP contribution in [0.4, 0.5) is 5.69 Å². The highest BCUT2D eigenvalue weighted by Gasteiger charge is 2.10. The SMILES string of the molecule is CCn1nnnc1COc1cccc(C(=O)Nc2ccccc2C)c1. The fourth-order valence-corrected chi connectivity index (χ4v) is 2.35. The van der Waals surface area contributed by atoms with Gasteiger partial charge in [-0.25, -0.2) is 4.68 Å². The number of rotatable bonds is 6. The van der Waals surface area contributed by atoms with Gasteiger partial charge in [0, 0.05) is 17.8 Å². The van der Waals surface area contributed by atoms with Crippen LogP contribution >= 0.6 is 0 Å². The third-order valence-electron chi connectivity index (χ3n) is 3.76. The second-order valence-corrected chi connectivity index (χ2v) is 5.50. The summed E-state index contributed by atoms with van der Waals surface area (Å²) in [5, 5.41) is 14.3. The van der Waals surface area contributed by atoms with E-state index >= 15 is 0 Å². The van der Waals surface area contributed by atoms with E-state index in [0.717, 1.165) is 11.3 Å². The van der Waals surface area contributed by atoms with Crippen LogP contribution in [0.15, 0.2) is 48.5 Å². The van der Waals surface area contributed by atoms with Crippen molar-refractivity contribution in [3.8, 4) is 5.75 Å². The predicted molar refractivity (Wildman–Crippen MR) is 93.4 cm³/mol. The van der Waals surface area contributed by atoms with Gasteiger partial charge in [0.1, 0.15) is 12.4 Å². The number of hydrogen-bond acceptors (Lipinski definition) is 5. The summed E-state index contributed by atoms with van der Waals surface area (Å²) < 4.78 is 7.38. The summed E-state index contributed by atoms with van der Waals surface area (Å²) in [4.78, 5) is 12.4. The number of tetrazole rings is 1. The molecule has 0 atom stereocenters. The molecule has 1 aromatic heterocycles. The Hall–Kier alpha value is -3.22. The molecular weight excluding hydrogens is 318 g/mol. The van der Waals surface area contributed by atoms with E-state index in [-0.39, 0.29) is 12.5 Å². The summed E-state index contributed by atoms with van der Waals surface area (Å²) in [6.45, 7) is 4.82. The molecule has 7 heteroatoms. The van der Waals surface area contributed by atoms with E-state index in [2.05, 4.69) is 20.8 Å². The first-order valence-electron chi connectivity index (χ1n) is 8.02. The maximum absolute atomic E-state index is 12.4. The van der Waals surface area contributed by atoms with Crippen LogP contribution in [0.2, 0.25) is 0 Å². The summed E-state index contributed by atoms with van der Waals surface area (Å²) >= 11 is 0. The van der Waals surface area contributed by atoms with Crippen molar-refractivity contribution in [1.29, 1.82) is 0 Å². The average Bonchev–Trinajstić information content (AvgIpc) is 3.09. The van der Waals surface area contributed by atoms with Gasteiger partial charge in [0.05, 0.1) is 0 Å². The summed E-state index contributed by atoms with van der Waals surface area (Å²) in [6.07, 6.45) is 0. The Bertz CT molecular complexity index is 875. The lowest BCUT2D eigenvalue weighted by Gasteiger charge is -2.10. The van der Waals surface area contributed by atoms with Gasteiger partial charge in [-0.05, 0) is 54.1 Å². The predicted octanol–water partition coefficient (Wildman–Crippen LogP) is 2.83. The molecule has 3 aromatic rings. The van der Waals surface area contributed by atoms with Crippen molar-refractivity contribution in [2.45, 2.75) is 27.0 Å². The molecule has 2 aromatic carbocycles. The molecule has 0 saturated heterocycles. The summed E-state index contributed by atoms with van der Waals surface area (Å²) in [7, 11) is 0. The number of nitrogens with one attached hydrogen (secondary N) is 1. The van der Waals surface area contributed by atoms with Gasteiger partial charge >= 0.3 is 0 Å². The lowest BCUT2D eigenvalue weighted by Crippen LogP contribution is -2.13. The third-order valence-corrected chi connectivity index (χ3v) is 3.76. The number of carbonyl (C=O) groups excluding carboxylic acids is 1. The largest absolute Gasteiger partial charge is 0.486 e. The highest BCUT2D eigenvalue weighted by atomic mass is 16.5. The molecule has 25 heavy (non-hydrogen) atoms. The molecular formula is C18H19N5O2. The van der Waals surface area contributed by atoms with Crippen LogP contribution in [-0.2, 0) is 13.2 Å². The maximum atomic E-state index is 12.4. The molecule has 0 saturated carbocycles. The van der Waals surface area contributed by atoms with Crippen molar-refractivity contribution in [2.24, 2.45) is 0 Å². The van der Waals surface area contributed by atoms with Gasteiger partial charge in [-0.1, -0.05) is 24.3 Å². The van der Waals surface area contributed by atoms with Crippen LogP contribution in [-0.4, -0.2) is 26.1 Å². The fraction of sp³-hybridized carbons (Fsp3) is 0.222. The van der Waals surface area contributed by atoms with Crippen molar-refractivity contribution in [1.82, 2.24) is 20.2 Å². The molecule has 1 amide bonds. The zero-order chi connectivity index (χ0) is 17.6. The Labute approximate surface area is 145 Å². The molecule has 0 unspecified atom stereocenters. The van der Waals surface area contributed by atoms with Crippen molar-refractivity contribution >= 4 is 11.6 Å². The lowest BCUT2D eigenvalue weighted by atomic mass is 10.1. The zero-order valence-electron chi connectivity index (χ0n) is 14.1. The van der Waals surface area contributed by atoms with E-state index < -0.39 is 0 Å². The third kappa shape index (κ3) is 4.00. The molecule has 0 bridgehead atoms. The number of para-hydroxylation sites is 1. The van der Waals surface area contributed by atoms with Gasteiger partial charge < -0.3 is 10.1 Å². The molecule has 0 fully saturated rings. The molecule has 0 aliphatic rings. The second kappa shape index (κ2) is 7.57. The first-order chi connectivity index (χ1) is 12.2. The normalized spacial score (nSPS) is 10.5. The maximum Gasteiger partial charge on any atom is 0.255 e. The molecule has 0 aliphatic heterocycles. The van der Waals surface area contributed by atoms with Crippen LogP contribution in [0, 0.1) is 6.92 Å². The summed E-state index contributed by atoms with van der Waals surface area (Å²) in [5.41, 5.74) is 2.33. The van der Waals surface area contributed by atoms with Crippen LogP contribution < -0.4 is 10.1 Å². The Morgan fingerprint density at radius 2 is 2.04 bits per heavy atom. The number of benzene rings is 2. The van der Waals surface area contributed by atoms with Gasteiger partial charge in [-0.3, -0.25) is 4.79 Å². The van der Waals surface area contributed by atoms with E-state index in [9.17, 15) is 4.79 Å². The van der Waals surface area contributed by atoms with Gasteiger partial charge in [-0.15, -0.1) is 5.10 Å². The van der Waals surface area contributed by atoms with Gasteiger partial charge in [0.25, 0.3) is 5.91 Å². The first kappa shape index (κ1) is 16.6. The van der Waals surface area contributed by atoms with E-state index in [4.69, 9.17) is 4.74 Å². The number of carbonyl (C=O) groups is 1. The molecule has 0 aliphatic carbocycles. The molecule has 0 radical (unpaired) electrons. The minimum absolute atomic E-state index is 0.182. The number of anilines is 1.